The molecule has 0 saturated heterocycles. The summed E-state index contributed by atoms with van der Waals surface area (Å²) in [7, 11) is 1.67. The molecule has 0 fully saturated rings. The maximum absolute atomic E-state index is 12.6. The van der Waals surface area contributed by atoms with E-state index in [2.05, 4.69) is 37.3 Å². The molecule has 1 amide bonds. The zero-order valence-corrected chi connectivity index (χ0v) is 16.3. The van der Waals surface area contributed by atoms with Crippen molar-refractivity contribution in [1.82, 2.24) is 4.98 Å². The van der Waals surface area contributed by atoms with Gasteiger partial charge in [-0.1, -0.05) is 49.4 Å². The zero-order chi connectivity index (χ0) is 19.5. The summed E-state index contributed by atoms with van der Waals surface area (Å²) in [5.41, 5.74) is 5.34. The van der Waals surface area contributed by atoms with Gasteiger partial charge in [0.15, 0.2) is 0 Å². The van der Waals surface area contributed by atoms with Crippen LogP contribution in [-0.4, -0.2) is 24.5 Å². The van der Waals surface area contributed by atoms with E-state index in [4.69, 9.17) is 9.72 Å². The van der Waals surface area contributed by atoms with Crippen LogP contribution in [0.1, 0.15) is 25.3 Å². The molecule has 142 valence electrons. The lowest BCUT2D eigenvalue weighted by Crippen LogP contribution is -2.36. The smallest absolute Gasteiger partial charge is 0.228 e. The van der Waals surface area contributed by atoms with E-state index in [-0.39, 0.29) is 5.91 Å². The highest BCUT2D eigenvalue weighted by Gasteiger charge is 2.28. The van der Waals surface area contributed by atoms with Crippen LogP contribution in [-0.2, 0) is 11.2 Å². The second kappa shape index (κ2) is 7.85. The summed E-state index contributed by atoms with van der Waals surface area (Å²) in [4.78, 5) is 19.4. The lowest BCUT2D eigenvalue weighted by molar-refractivity contribution is -0.118. The Labute approximate surface area is 165 Å². The summed E-state index contributed by atoms with van der Waals surface area (Å²) in [5.74, 6) is 1.80. The molecule has 3 aromatic rings. The van der Waals surface area contributed by atoms with Gasteiger partial charge in [0.1, 0.15) is 11.6 Å². The number of carbonyl (C=O) groups is 1. The third-order valence-corrected chi connectivity index (χ3v) is 5.17. The van der Waals surface area contributed by atoms with Crippen molar-refractivity contribution >= 4 is 11.7 Å². The van der Waals surface area contributed by atoms with E-state index >= 15 is 0 Å². The van der Waals surface area contributed by atoms with Gasteiger partial charge in [-0.25, -0.2) is 4.98 Å². The molecule has 0 aliphatic carbocycles. The Hall–Kier alpha value is -3.14. The standard InChI is InChI=1S/C24H24N2O2/c1-3-15-26-23(27)14-13-20-21(17-9-11-19(28-2)12-10-17)16-22(25-24(20)26)18-7-5-4-6-8-18/h4-12,16H,3,13-15H2,1-2H3. The van der Waals surface area contributed by atoms with Gasteiger partial charge in [0.2, 0.25) is 5.91 Å². The molecule has 0 unspecified atom stereocenters. The van der Waals surface area contributed by atoms with Crippen LogP contribution < -0.4 is 9.64 Å². The van der Waals surface area contributed by atoms with Crippen LogP contribution in [0.3, 0.4) is 0 Å². The number of nitrogens with zero attached hydrogens (tertiary/aromatic N) is 2. The number of benzene rings is 2. The minimum atomic E-state index is 0.160. The van der Waals surface area contributed by atoms with Crippen LogP contribution in [0.2, 0.25) is 0 Å². The van der Waals surface area contributed by atoms with Crippen molar-refractivity contribution in [1.29, 1.82) is 0 Å². The van der Waals surface area contributed by atoms with E-state index in [1.54, 1.807) is 7.11 Å². The maximum Gasteiger partial charge on any atom is 0.228 e. The third-order valence-electron chi connectivity index (χ3n) is 5.17. The highest BCUT2D eigenvalue weighted by Crippen LogP contribution is 2.38. The summed E-state index contributed by atoms with van der Waals surface area (Å²) in [6.45, 7) is 2.78. The second-order valence-corrected chi connectivity index (χ2v) is 7.00. The Morgan fingerprint density at radius 2 is 1.75 bits per heavy atom. The van der Waals surface area contributed by atoms with E-state index in [1.807, 2.05) is 35.2 Å². The van der Waals surface area contributed by atoms with E-state index in [0.29, 0.717) is 13.0 Å². The molecule has 1 aromatic heterocycles. The van der Waals surface area contributed by atoms with Crippen molar-refractivity contribution in [3.8, 4) is 28.1 Å². The number of carbonyl (C=O) groups excluding carboxylic acids is 1. The van der Waals surface area contributed by atoms with Crippen molar-refractivity contribution in [2.24, 2.45) is 0 Å². The first-order valence-corrected chi connectivity index (χ1v) is 9.75. The molecule has 4 nitrogen and oxygen atoms in total. The number of hydrogen-bond acceptors (Lipinski definition) is 3. The summed E-state index contributed by atoms with van der Waals surface area (Å²) in [5, 5.41) is 0. The molecule has 1 aliphatic heterocycles. The predicted octanol–water partition coefficient (Wildman–Crippen LogP) is 5.11. The average molecular weight is 372 g/mol. The van der Waals surface area contributed by atoms with Crippen LogP contribution in [0.4, 0.5) is 5.82 Å². The van der Waals surface area contributed by atoms with E-state index in [0.717, 1.165) is 52.4 Å². The lowest BCUT2D eigenvalue weighted by atomic mass is 9.92. The molecular formula is C24H24N2O2. The maximum atomic E-state index is 12.6. The van der Waals surface area contributed by atoms with Crippen LogP contribution >= 0.6 is 0 Å². The number of fused-ring (bicyclic) bond motifs is 1. The van der Waals surface area contributed by atoms with Crippen LogP contribution in [0.25, 0.3) is 22.4 Å². The normalized spacial score (nSPS) is 13.4. The fourth-order valence-corrected chi connectivity index (χ4v) is 3.75. The van der Waals surface area contributed by atoms with Crippen LogP contribution in [0.5, 0.6) is 5.75 Å². The number of anilines is 1. The molecule has 0 bridgehead atoms. The second-order valence-electron chi connectivity index (χ2n) is 7.00. The number of methoxy groups -OCH3 is 1. The number of ether oxygens (including phenoxy) is 1. The SMILES string of the molecule is CCCN1C(=O)CCc2c(-c3ccc(OC)cc3)cc(-c3ccccc3)nc21. The summed E-state index contributed by atoms with van der Waals surface area (Å²) in [6, 6.07) is 20.4. The first-order chi connectivity index (χ1) is 13.7. The fraction of sp³-hybridized carbons (Fsp3) is 0.250. The highest BCUT2D eigenvalue weighted by molar-refractivity contribution is 5.97. The minimum Gasteiger partial charge on any atom is -0.497 e. The van der Waals surface area contributed by atoms with Crippen LogP contribution in [0, 0.1) is 0 Å². The molecule has 4 rings (SSSR count). The molecular weight excluding hydrogens is 348 g/mol. The summed E-state index contributed by atoms with van der Waals surface area (Å²) in [6.07, 6.45) is 2.15. The monoisotopic (exact) mass is 372 g/mol. The minimum absolute atomic E-state index is 0.160. The predicted molar refractivity (Wildman–Crippen MR) is 113 cm³/mol. The van der Waals surface area contributed by atoms with Gasteiger partial charge >= 0.3 is 0 Å². The van der Waals surface area contributed by atoms with Gasteiger partial charge in [-0.05, 0) is 42.2 Å². The Bertz CT molecular complexity index is 981. The molecule has 0 N–H and O–H groups in total. The van der Waals surface area contributed by atoms with Crippen molar-refractivity contribution in [2.75, 3.05) is 18.6 Å². The van der Waals surface area contributed by atoms with Crippen molar-refractivity contribution < 1.29 is 9.53 Å². The van der Waals surface area contributed by atoms with Crippen molar-refractivity contribution in [3.05, 3.63) is 66.2 Å². The summed E-state index contributed by atoms with van der Waals surface area (Å²) >= 11 is 0. The lowest BCUT2D eigenvalue weighted by Gasteiger charge is -2.30. The number of aromatic nitrogens is 1. The topological polar surface area (TPSA) is 42.4 Å². The Kier molecular flexibility index (Phi) is 5.11. The molecule has 0 spiro atoms. The van der Waals surface area contributed by atoms with Gasteiger partial charge in [0, 0.05) is 24.1 Å². The Balaban J connectivity index is 1.92. The zero-order valence-electron chi connectivity index (χ0n) is 16.3. The molecule has 0 saturated carbocycles. The third kappa shape index (κ3) is 3.38. The Morgan fingerprint density at radius 1 is 1.00 bits per heavy atom. The molecule has 0 atom stereocenters. The highest BCUT2D eigenvalue weighted by atomic mass is 16.5. The number of amides is 1. The Morgan fingerprint density at radius 3 is 2.43 bits per heavy atom. The van der Waals surface area contributed by atoms with Gasteiger partial charge in [-0.15, -0.1) is 0 Å². The average Bonchev–Trinajstić information content (AvgIpc) is 2.75. The van der Waals surface area contributed by atoms with Crippen molar-refractivity contribution in [3.63, 3.8) is 0 Å². The molecule has 4 heteroatoms. The molecule has 28 heavy (non-hydrogen) atoms. The van der Waals surface area contributed by atoms with Crippen LogP contribution in [0.15, 0.2) is 60.7 Å². The fourth-order valence-electron chi connectivity index (χ4n) is 3.75. The van der Waals surface area contributed by atoms with Gasteiger partial charge < -0.3 is 4.74 Å². The van der Waals surface area contributed by atoms with E-state index in [1.165, 1.54) is 0 Å². The molecule has 2 heterocycles. The molecule has 2 aromatic carbocycles. The molecule has 0 radical (unpaired) electrons. The number of hydrogen-bond donors (Lipinski definition) is 0. The van der Waals surface area contributed by atoms with Gasteiger partial charge in [-0.3, -0.25) is 9.69 Å². The molecule has 1 aliphatic rings. The van der Waals surface area contributed by atoms with Gasteiger partial charge in [-0.2, -0.15) is 0 Å². The number of pyridine rings is 1. The first-order valence-electron chi connectivity index (χ1n) is 9.75. The van der Waals surface area contributed by atoms with Crippen molar-refractivity contribution in [2.45, 2.75) is 26.2 Å². The van der Waals surface area contributed by atoms with E-state index < -0.39 is 0 Å². The quantitative estimate of drug-likeness (QED) is 0.625. The van der Waals surface area contributed by atoms with Gasteiger partial charge in [0.25, 0.3) is 0 Å². The first kappa shape index (κ1) is 18.2. The summed E-state index contributed by atoms with van der Waals surface area (Å²) < 4.78 is 5.31. The largest absolute Gasteiger partial charge is 0.497 e. The number of rotatable bonds is 5. The van der Waals surface area contributed by atoms with Gasteiger partial charge in [0.05, 0.1) is 12.8 Å². The van der Waals surface area contributed by atoms with E-state index in [9.17, 15) is 4.79 Å².